The van der Waals surface area contributed by atoms with Gasteiger partial charge in [-0.25, -0.2) is 0 Å². The smallest absolute Gasteiger partial charge is 0.0606 e. The first-order chi connectivity index (χ1) is 3.68. The molecule has 0 bridgehead atoms. The highest BCUT2D eigenvalue weighted by Crippen LogP contribution is 1.92. The molecular formula is C6H13NO. The second kappa shape index (κ2) is 3.50. The second-order valence-corrected chi connectivity index (χ2v) is 1.88. The van der Waals surface area contributed by atoms with Crippen LogP contribution in [0.2, 0.25) is 0 Å². The van der Waals surface area contributed by atoms with Crippen LogP contribution in [0.25, 0.3) is 0 Å². The van der Waals surface area contributed by atoms with Crippen molar-refractivity contribution < 1.29 is 5.11 Å². The van der Waals surface area contributed by atoms with E-state index in [2.05, 4.69) is 6.58 Å². The molecule has 0 aliphatic rings. The minimum atomic E-state index is 0.198. The molecule has 0 saturated carbocycles. The molecule has 0 heterocycles. The van der Waals surface area contributed by atoms with Crippen LogP contribution in [0.1, 0.15) is 6.92 Å². The van der Waals surface area contributed by atoms with E-state index >= 15 is 0 Å². The van der Waals surface area contributed by atoms with Crippen LogP contribution in [0, 0.1) is 0 Å². The minimum Gasteiger partial charge on any atom is -0.395 e. The molecule has 0 aromatic carbocycles. The third kappa shape index (κ3) is 2.64. The maximum atomic E-state index is 8.40. The van der Waals surface area contributed by atoms with Crippen LogP contribution >= 0.6 is 0 Å². The van der Waals surface area contributed by atoms with Crippen molar-refractivity contribution >= 4 is 0 Å². The van der Waals surface area contributed by atoms with Crippen LogP contribution in [0.15, 0.2) is 12.3 Å². The minimum absolute atomic E-state index is 0.198. The Morgan fingerprint density at radius 2 is 2.25 bits per heavy atom. The van der Waals surface area contributed by atoms with Crippen molar-refractivity contribution in [3.05, 3.63) is 12.3 Å². The van der Waals surface area contributed by atoms with Crippen molar-refractivity contribution in [2.45, 2.75) is 6.92 Å². The van der Waals surface area contributed by atoms with Crippen molar-refractivity contribution in [2.75, 3.05) is 20.2 Å². The fraction of sp³-hybridized carbons (Fsp3) is 0.667. The average Bonchev–Trinajstić information content (AvgIpc) is 1.67. The van der Waals surface area contributed by atoms with Crippen LogP contribution in [0.5, 0.6) is 0 Å². The molecule has 0 aliphatic heterocycles. The molecule has 1 N–H and O–H groups in total. The summed E-state index contributed by atoms with van der Waals surface area (Å²) in [5.41, 5.74) is 0.985. The van der Waals surface area contributed by atoms with Gasteiger partial charge in [-0.05, 0) is 6.92 Å². The summed E-state index contributed by atoms with van der Waals surface area (Å²) in [5.74, 6) is 0. The lowest BCUT2D eigenvalue weighted by Gasteiger charge is -2.16. The topological polar surface area (TPSA) is 23.5 Å². The summed E-state index contributed by atoms with van der Waals surface area (Å²) in [4.78, 5) is 1.90. The number of aliphatic hydroxyl groups is 1. The molecule has 2 nitrogen and oxygen atoms in total. The predicted octanol–water partition coefficient (Wildman–Crippen LogP) is 0.444. The van der Waals surface area contributed by atoms with Gasteiger partial charge in [0, 0.05) is 19.3 Å². The van der Waals surface area contributed by atoms with Crippen LogP contribution in [0.3, 0.4) is 0 Å². The van der Waals surface area contributed by atoms with Crippen LogP contribution in [0.4, 0.5) is 0 Å². The molecule has 48 valence electrons. The Balaban J connectivity index is 3.32. The summed E-state index contributed by atoms with van der Waals surface area (Å²) in [6, 6.07) is 0. The van der Waals surface area contributed by atoms with Gasteiger partial charge in [-0.15, -0.1) is 0 Å². The van der Waals surface area contributed by atoms with E-state index in [0.717, 1.165) is 5.70 Å². The zero-order valence-corrected chi connectivity index (χ0v) is 5.52. The number of aliphatic hydroxyl groups excluding tert-OH is 1. The monoisotopic (exact) mass is 115 g/mol. The van der Waals surface area contributed by atoms with Gasteiger partial charge in [0.05, 0.1) is 6.61 Å². The van der Waals surface area contributed by atoms with Crippen molar-refractivity contribution in [2.24, 2.45) is 0 Å². The number of likely N-dealkylation sites (N-methyl/N-ethyl adjacent to an activating group) is 1. The highest BCUT2D eigenvalue weighted by atomic mass is 16.3. The number of hydrogen-bond donors (Lipinski definition) is 1. The van der Waals surface area contributed by atoms with E-state index in [1.807, 2.05) is 18.9 Å². The molecule has 0 unspecified atom stereocenters. The third-order valence-corrected chi connectivity index (χ3v) is 1.09. The van der Waals surface area contributed by atoms with Crippen molar-refractivity contribution in [3.8, 4) is 0 Å². The fourth-order valence-electron chi connectivity index (χ4n) is 0.341. The van der Waals surface area contributed by atoms with Gasteiger partial charge in [-0.1, -0.05) is 6.58 Å². The Bertz CT molecular complexity index is 80.6. The van der Waals surface area contributed by atoms with Gasteiger partial charge in [0.2, 0.25) is 0 Å². The molecule has 0 rings (SSSR count). The predicted molar refractivity (Wildman–Crippen MR) is 34.5 cm³/mol. The molecule has 0 atom stereocenters. The molecule has 0 aromatic heterocycles. The zero-order valence-electron chi connectivity index (χ0n) is 5.52. The van der Waals surface area contributed by atoms with E-state index in [4.69, 9.17) is 5.11 Å². The molecular weight excluding hydrogens is 102 g/mol. The van der Waals surface area contributed by atoms with Crippen molar-refractivity contribution in [3.63, 3.8) is 0 Å². The Morgan fingerprint density at radius 3 is 2.38 bits per heavy atom. The standard InChI is InChI=1S/C6H13NO/c1-6(2)7(3)4-5-8/h8H,1,4-5H2,2-3H3. The Labute approximate surface area is 50.4 Å². The first-order valence-corrected chi connectivity index (χ1v) is 2.66. The molecule has 0 aliphatic carbocycles. The average molecular weight is 115 g/mol. The quantitative estimate of drug-likeness (QED) is 0.577. The number of allylic oxidation sites excluding steroid dienone is 1. The lowest BCUT2D eigenvalue weighted by molar-refractivity contribution is 0.246. The molecule has 0 saturated heterocycles. The molecule has 2 heteroatoms. The Kier molecular flexibility index (Phi) is 3.28. The summed E-state index contributed by atoms with van der Waals surface area (Å²) < 4.78 is 0. The molecule has 0 aromatic rings. The molecule has 0 fully saturated rings. The number of nitrogens with zero attached hydrogens (tertiary/aromatic N) is 1. The Hall–Kier alpha value is -0.500. The molecule has 0 amide bonds. The lowest BCUT2D eigenvalue weighted by atomic mass is 10.5. The van der Waals surface area contributed by atoms with Crippen LogP contribution < -0.4 is 0 Å². The van der Waals surface area contributed by atoms with Crippen LogP contribution in [-0.2, 0) is 0 Å². The van der Waals surface area contributed by atoms with Crippen LogP contribution in [-0.4, -0.2) is 30.2 Å². The largest absolute Gasteiger partial charge is 0.395 e. The van der Waals surface area contributed by atoms with Gasteiger partial charge in [-0.3, -0.25) is 0 Å². The SMILES string of the molecule is C=C(C)N(C)CCO. The summed E-state index contributed by atoms with van der Waals surface area (Å²) in [5, 5.41) is 8.40. The van der Waals surface area contributed by atoms with E-state index in [1.54, 1.807) is 0 Å². The zero-order chi connectivity index (χ0) is 6.57. The van der Waals surface area contributed by atoms with E-state index < -0.39 is 0 Å². The van der Waals surface area contributed by atoms with E-state index in [-0.39, 0.29) is 6.61 Å². The van der Waals surface area contributed by atoms with E-state index in [1.165, 1.54) is 0 Å². The number of hydrogen-bond acceptors (Lipinski definition) is 2. The summed E-state index contributed by atoms with van der Waals surface area (Å²) in [6.45, 7) is 6.47. The first-order valence-electron chi connectivity index (χ1n) is 2.66. The lowest BCUT2D eigenvalue weighted by Crippen LogP contribution is -2.18. The maximum Gasteiger partial charge on any atom is 0.0606 e. The van der Waals surface area contributed by atoms with E-state index in [0.29, 0.717) is 6.54 Å². The third-order valence-electron chi connectivity index (χ3n) is 1.09. The van der Waals surface area contributed by atoms with Gasteiger partial charge in [0.25, 0.3) is 0 Å². The molecule has 0 spiro atoms. The second-order valence-electron chi connectivity index (χ2n) is 1.88. The Morgan fingerprint density at radius 1 is 1.75 bits per heavy atom. The van der Waals surface area contributed by atoms with Gasteiger partial charge < -0.3 is 10.0 Å². The summed E-state index contributed by atoms with van der Waals surface area (Å²) in [7, 11) is 1.90. The highest BCUT2D eigenvalue weighted by Gasteiger charge is 1.91. The summed E-state index contributed by atoms with van der Waals surface area (Å²) in [6.07, 6.45) is 0. The normalized spacial score (nSPS) is 8.88. The highest BCUT2D eigenvalue weighted by molar-refractivity contribution is 4.85. The van der Waals surface area contributed by atoms with E-state index in [9.17, 15) is 0 Å². The van der Waals surface area contributed by atoms with Gasteiger partial charge >= 0.3 is 0 Å². The summed E-state index contributed by atoms with van der Waals surface area (Å²) >= 11 is 0. The fourth-order valence-corrected chi connectivity index (χ4v) is 0.341. The van der Waals surface area contributed by atoms with Gasteiger partial charge in [0.15, 0.2) is 0 Å². The van der Waals surface area contributed by atoms with Gasteiger partial charge in [-0.2, -0.15) is 0 Å². The van der Waals surface area contributed by atoms with Crippen molar-refractivity contribution in [1.29, 1.82) is 0 Å². The first kappa shape index (κ1) is 7.50. The molecule has 0 radical (unpaired) electrons. The number of rotatable bonds is 3. The maximum absolute atomic E-state index is 8.40. The molecule has 8 heavy (non-hydrogen) atoms. The van der Waals surface area contributed by atoms with Gasteiger partial charge in [0.1, 0.15) is 0 Å². The van der Waals surface area contributed by atoms with Crippen molar-refractivity contribution in [1.82, 2.24) is 4.90 Å².